The molecule has 0 unspecified atom stereocenters. The Morgan fingerprint density at radius 2 is 1.69 bits per heavy atom. The second-order valence-electron chi connectivity index (χ2n) is 6.36. The summed E-state index contributed by atoms with van der Waals surface area (Å²) in [4.78, 5) is 23.6. The van der Waals surface area contributed by atoms with Crippen LogP contribution in [0.15, 0.2) is 5.38 Å². The quantitative estimate of drug-likeness (QED) is 0.745. The van der Waals surface area contributed by atoms with Gasteiger partial charge in [-0.05, 0) is 6.92 Å². The first-order valence-corrected chi connectivity index (χ1v) is 9.43. The van der Waals surface area contributed by atoms with Gasteiger partial charge in [-0.2, -0.15) is 0 Å². The van der Waals surface area contributed by atoms with Gasteiger partial charge >= 0.3 is 0 Å². The van der Waals surface area contributed by atoms with E-state index in [0.717, 1.165) is 70.5 Å². The Morgan fingerprint density at radius 1 is 1.08 bits per heavy atom. The van der Waals surface area contributed by atoms with Gasteiger partial charge in [-0.1, -0.05) is 0 Å². The van der Waals surface area contributed by atoms with Gasteiger partial charge in [0, 0.05) is 77.2 Å². The Bertz CT molecular complexity index is 520. The van der Waals surface area contributed by atoms with Gasteiger partial charge in [0.25, 0.3) is 0 Å². The second kappa shape index (κ2) is 13.1. The van der Waals surface area contributed by atoms with Crippen molar-refractivity contribution in [3.63, 3.8) is 0 Å². The van der Waals surface area contributed by atoms with Crippen LogP contribution in [0.4, 0.5) is 0 Å². The number of thiazole rings is 1. The lowest BCUT2D eigenvalue weighted by molar-refractivity contribution is -0.132. The lowest BCUT2D eigenvalue weighted by Gasteiger charge is -2.35. The summed E-state index contributed by atoms with van der Waals surface area (Å²) >= 11 is 1.72. The van der Waals surface area contributed by atoms with Crippen LogP contribution in [-0.2, 0) is 11.3 Å². The fraction of sp³-hybridized carbons (Fsp3) is 0.750. The second-order valence-corrected chi connectivity index (χ2v) is 7.42. The standard InChI is InChI=1S/C16H27N5OS.3ClH/c1-14-18-15(13-23-14)12-20-10-8-19(9-11-20)5-2-16(22)21-6-3-17-4-7-21;;;/h13,17H,2-12H2,1H3;3*1H. The molecular weight excluding hydrogens is 417 g/mol. The Hall–Kier alpha value is -0.150. The van der Waals surface area contributed by atoms with Crippen molar-refractivity contribution in [2.45, 2.75) is 19.9 Å². The molecule has 2 saturated heterocycles. The first-order chi connectivity index (χ1) is 11.2. The van der Waals surface area contributed by atoms with Crippen molar-refractivity contribution in [3.05, 3.63) is 16.1 Å². The van der Waals surface area contributed by atoms with Crippen molar-refractivity contribution in [3.8, 4) is 0 Å². The number of carbonyl (C=O) groups is 1. The number of hydrogen-bond acceptors (Lipinski definition) is 6. The van der Waals surface area contributed by atoms with Crippen LogP contribution in [0.5, 0.6) is 0 Å². The maximum absolute atomic E-state index is 12.2. The summed E-state index contributed by atoms with van der Waals surface area (Å²) < 4.78 is 0. The van der Waals surface area contributed by atoms with Gasteiger partial charge in [0.15, 0.2) is 0 Å². The van der Waals surface area contributed by atoms with Crippen LogP contribution in [0.2, 0.25) is 0 Å². The number of rotatable bonds is 5. The van der Waals surface area contributed by atoms with Crippen molar-refractivity contribution >= 4 is 54.5 Å². The zero-order valence-corrected chi connectivity index (χ0v) is 18.5. The fourth-order valence-electron chi connectivity index (χ4n) is 3.21. The van der Waals surface area contributed by atoms with Crippen molar-refractivity contribution in [1.29, 1.82) is 0 Å². The number of nitrogens with one attached hydrogen (secondary N) is 1. The number of hydrogen-bond donors (Lipinski definition) is 1. The Labute approximate surface area is 178 Å². The average molecular weight is 447 g/mol. The molecule has 0 aliphatic carbocycles. The molecule has 6 nitrogen and oxygen atoms in total. The number of halogens is 3. The van der Waals surface area contributed by atoms with E-state index >= 15 is 0 Å². The topological polar surface area (TPSA) is 51.7 Å². The molecule has 1 N–H and O–H groups in total. The summed E-state index contributed by atoms with van der Waals surface area (Å²) in [6, 6.07) is 0. The molecule has 0 atom stereocenters. The minimum Gasteiger partial charge on any atom is -0.340 e. The molecule has 1 aromatic heterocycles. The van der Waals surface area contributed by atoms with Gasteiger partial charge in [0.1, 0.15) is 0 Å². The van der Waals surface area contributed by atoms with E-state index in [1.807, 2.05) is 4.90 Å². The van der Waals surface area contributed by atoms with Crippen molar-refractivity contribution < 1.29 is 4.79 Å². The zero-order chi connectivity index (χ0) is 16.1. The SMILES string of the molecule is Cc1nc(CN2CCN(CCC(=O)N3CCNCC3)CC2)cs1.Cl.Cl.Cl. The van der Waals surface area contributed by atoms with Crippen molar-refractivity contribution in [1.82, 2.24) is 25.0 Å². The average Bonchev–Trinajstić information content (AvgIpc) is 2.99. The predicted octanol–water partition coefficient (Wildman–Crippen LogP) is 1.66. The molecule has 10 heteroatoms. The van der Waals surface area contributed by atoms with E-state index in [2.05, 4.69) is 32.4 Å². The number of nitrogens with zero attached hydrogens (tertiary/aromatic N) is 4. The molecule has 1 amide bonds. The first kappa shape index (κ1) is 25.9. The molecule has 3 rings (SSSR count). The van der Waals surface area contributed by atoms with E-state index in [0.29, 0.717) is 12.3 Å². The van der Waals surface area contributed by atoms with E-state index in [4.69, 9.17) is 0 Å². The van der Waals surface area contributed by atoms with Crippen LogP contribution in [0.25, 0.3) is 0 Å². The lowest BCUT2D eigenvalue weighted by Crippen LogP contribution is -2.49. The summed E-state index contributed by atoms with van der Waals surface area (Å²) in [6.07, 6.45) is 0.658. The normalized spacial score (nSPS) is 18.4. The molecular formula is C16H30Cl3N5OS. The maximum atomic E-state index is 12.2. The highest BCUT2D eigenvalue weighted by molar-refractivity contribution is 7.09. The molecule has 152 valence electrons. The van der Waals surface area contributed by atoms with Crippen molar-refractivity contribution in [2.24, 2.45) is 0 Å². The number of piperazine rings is 2. The number of amides is 1. The van der Waals surface area contributed by atoms with Crippen molar-refractivity contribution in [2.75, 3.05) is 58.9 Å². The molecule has 1 aromatic rings. The van der Waals surface area contributed by atoms with E-state index < -0.39 is 0 Å². The zero-order valence-electron chi connectivity index (χ0n) is 15.2. The third-order valence-electron chi connectivity index (χ3n) is 4.63. The first-order valence-electron chi connectivity index (χ1n) is 8.55. The van der Waals surface area contributed by atoms with Crippen LogP contribution in [-0.4, -0.2) is 84.5 Å². The molecule has 0 radical (unpaired) electrons. The molecule has 0 saturated carbocycles. The Kier molecular flexibility index (Phi) is 13.0. The third-order valence-corrected chi connectivity index (χ3v) is 5.45. The molecule has 2 fully saturated rings. The van der Waals surface area contributed by atoms with Crippen LogP contribution >= 0.6 is 48.6 Å². The van der Waals surface area contributed by atoms with Crippen LogP contribution < -0.4 is 5.32 Å². The number of carbonyl (C=O) groups excluding carboxylic acids is 1. The van der Waals surface area contributed by atoms with E-state index in [9.17, 15) is 4.79 Å². The third kappa shape index (κ3) is 7.84. The highest BCUT2D eigenvalue weighted by Crippen LogP contribution is 2.12. The smallest absolute Gasteiger partial charge is 0.223 e. The van der Waals surface area contributed by atoms with E-state index in [-0.39, 0.29) is 37.2 Å². The monoisotopic (exact) mass is 445 g/mol. The molecule has 0 aromatic carbocycles. The van der Waals surface area contributed by atoms with Crippen LogP contribution in [0.3, 0.4) is 0 Å². The van der Waals surface area contributed by atoms with E-state index in [1.54, 1.807) is 11.3 Å². The van der Waals surface area contributed by atoms with Gasteiger partial charge in [-0.3, -0.25) is 9.69 Å². The van der Waals surface area contributed by atoms with Gasteiger partial charge in [0.2, 0.25) is 5.91 Å². The summed E-state index contributed by atoms with van der Waals surface area (Å²) in [7, 11) is 0. The Morgan fingerprint density at radius 3 is 2.27 bits per heavy atom. The molecule has 0 bridgehead atoms. The summed E-state index contributed by atoms with van der Waals surface area (Å²) in [5, 5.41) is 6.59. The highest BCUT2D eigenvalue weighted by Gasteiger charge is 2.20. The molecule has 26 heavy (non-hydrogen) atoms. The summed E-state index contributed by atoms with van der Waals surface area (Å²) in [5.74, 6) is 0.312. The Balaban J connectivity index is 0.00000208. The highest BCUT2D eigenvalue weighted by atomic mass is 35.5. The fourth-order valence-corrected chi connectivity index (χ4v) is 3.81. The number of aromatic nitrogens is 1. The van der Waals surface area contributed by atoms with E-state index in [1.165, 1.54) is 5.69 Å². The van der Waals surface area contributed by atoms with Crippen LogP contribution in [0.1, 0.15) is 17.1 Å². The summed E-state index contributed by atoms with van der Waals surface area (Å²) in [5.41, 5.74) is 1.19. The summed E-state index contributed by atoms with van der Waals surface area (Å²) in [6.45, 7) is 11.7. The number of aryl methyl sites for hydroxylation is 1. The predicted molar refractivity (Wildman–Crippen MR) is 114 cm³/mol. The maximum Gasteiger partial charge on any atom is 0.223 e. The minimum atomic E-state index is 0. The van der Waals surface area contributed by atoms with Crippen LogP contribution in [0, 0.1) is 6.92 Å². The van der Waals surface area contributed by atoms with Gasteiger partial charge in [0.05, 0.1) is 10.7 Å². The van der Waals surface area contributed by atoms with Gasteiger partial charge < -0.3 is 15.1 Å². The molecule has 2 aliphatic rings. The van der Waals surface area contributed by atoms with Gasteiger partial charge in [-0.15, -0.1) is 48.6 Å². The molecule has 3 heterocycles. The largest absolute Gasteiger partial charge is 0.340 e. The molecule has 2 aliphatic heterocycles. The minimum absolute atomic E-state index is 0. The molecule has 0 spiro atoms. The lowest BCUT2D eigenvalue weighted by atomic mass is 10.2. The van der Waals surface area contributed by atoms with Gasteiger partial charge in [-0.25, -0.2) is 4.98 Å².